The molecule has 0 unspecified atom stereocenters. The molecular weight excluding hydrogens is 264 g/mol. The molecular formula is C17H28N2O2. The summed E-state index contributed by atoms with van der Waals surface area (Å²) in [7, 11) is 1.74. The number of nitrogens with zero attached hydrogens (tertiary/aromatic N) is 2. The van der Waals surface area contributed by atoms with E-state index in [1.54, 1.807) is 7.11 Å². The summed E-state index contributed by atoms with van der Waals surface area (Å²) in [5, 5.41) is 8.79. The molecule has 0 radical (unpaired) electrons. The van der Waals surface area contributed by atoms with Crippen molar-refractivity contribution < 1.29 is 9.84 Å². The largest absolute Gasteiger partial charge is 0.496 e. The molecule has 1 aromatic carbocycles. The highest BCUT2D eigenvalue weighted by atomic mass is 16.5. The molecule has 2 rings (SSSR count). The first-order valence-electron chi connectivity index (χ1n) is 8.01. The van der Waals surface area contributed by atoms with Crippen molar-refractivity contribution in [3.63, 3.8) is 0 Å². The van der Waals surface area contributed by atoms with Crippen molar-refractivity contribution >= 4 is 0 Å². The molecule has 0 bridgehead atoms. The van der Waals surface area contributed by atoms with Gasteiger partial charge in [-0.3, -0.25) is 4.90 Å². The van der Waals surface area contributed by atoms with E-state index in [-0.39, 0.29) is 0 Å². The molecule has 0 atom stereocenters. The smallest absolute Gasteiger partial charge is 0.123 e. The fourth-order valence-electron chi connectivity index (χ4n) is 2.87. The number of rotatable bonds is 8. The molecule has 1 aliphatic heterocycles. The van der Waals surface area contributed by atoms with Crippen LogP contribution < -0.4 is 4.74 Å². The van der Waals surface area contributed by atoms with Crippen LogP contribution in [-0.4, -0.2) is 61.3 Å². The van der Waals surface area contributed by atoms with E-state index in [0.29, 0.717) is 6.61 Å². The van der Waals surface area contributed by atoms with Gasteiger partial charge in [0.25, 0.3) is 0 Å². The summed E-state index contributed by atoms with van der Waals surface area (Å²) >= 11 is 0. The van der Waals surface area contributed by atoms with Crippen LogP contribution in [0.3, 0.4) is 0 Å². The van der Waals surface area contributed by atoms with Crippen LogP contribution in [0.5, 0.6) is 5.75 Å². The zero-order valence-electron chi connectivity index (χ0n) is 13.1. The molecule has 0 spiro atoms. The quantitative estimate of drug-likeness (QED) is 0.743. The summed E-state index contributed by atoms with van der Waals surface area (Å²) in [6.45, 7) is 7.01. The number of aliphatic hydroxyl groups excluding tert-OH is 1. The number of para-hydroxylation sites is 1. The minimum absolute atomic E-state index is 0.326. The lowest BCUT2D eigenvalue weighted by atomic mass is 10.1. The van der Waals surface area contributed by atoms with Crippen LogP contribution >= 0.6 is 0 Å². The second-order valence-corrected chi connectivity index (χ2v) is 5.71. The average molecular weight is 292 g/mol. The Morgan fingerprint density at radius 2 is 1.71 bits per heavy atom. The van der Waals surface area contributed by atoms with Crippen molar-refractivity contribution in [2.45, 2.75) is 25.8 Å². The summed E-state index contributed by atoms with van der Waals surface area (Å²) in [6, 6.07) is 8.29. The van der Waals surface area contributed by atoms with Crippen LogP contribution in [0.2, 0.25) is 0 Å². The van der Waals surface area contributed by atoms with Crippen molar-refractivity contribution in [2.24, 2.45) is 0 Å². The Balaban J connectivity index is 1.71. The third-order valence-corrected chi connectivity index (χ3v) is 4.18. The van der Waals surface area contributed by atoms with Crippen LogP contribution in [0.1, 0.15) is 24.8 Å². The summed E-state index contributed by atoms with van der Waals surface area (Å²) in [4.78, 5) is 5.04. The van der Waals surface area contributed by atoms with Gasteiger partial charge in [0, 0.05) is 44.9 Å². The van der Waals surface area contributed by atoms with Gasteiger partial charge in [-0.25, -0.2) is 0 Å². The maximum atomic E-state index is 8.79. The Kier molecular flexibility index (Phi) is 7.00. The molecule has 0 saturated carbocycles. The van der Waals surface area contributed by atoms with Crippen LogP contribution in [0.25, 0.3) is 0 Å². The predicted octanol–water partition coefficient (Wildman–Crippen LogP) is 1.98. The van der Waals surface area contributed by atoms with Gasteiger partial charge in [-0.2, -0.15) is 0 Å². The van der Waals surface area contributed by atoms with Gasteiger partial charge in [0.05, 0.1) is 7.11 Å². The highest BCUT2D eigenvalue weighted by Gasteiger charge is 2.17. The zero-order valence-corrected chi connectivity index (χ0v) is 13.1. The first-order chi connectivity index (χ1) is 10.3. The number of hydrogen-bond acceptors (Lipinski definition) is 4. The Morgan fingerprint density at radius 1 is 1.00 bits per heavy atom. The number of ether oxygens (including phenoxy) is 1. The number of unbranched alkanes of at least 4 members (excludes halogenated alkanes) is 2. The van der Waals surface area contributed by atoms with Crippen molar-refractivity contribution in [3.8, 4) is 5.75 Å². The molecule has 21 heavy (non-hydrogen) atoms. The lowest BCUT2D eigenvalue weighted by molar-refractivity contribution is 0.124. The van der Waals surface area contributed by atoms with Gasteiger partial charge >= 0.3 is 0 Å². The van der Waals surface area contributed by atoms with Crippen LogP contribution in [0.4, 0.5) is 0 Å². The van der Waals surface area contributed by atoms with Gasteiger partial charge < -0.3 is 14.7 Å². The number of aliphatic hydroxyl groups is 1. The lowest BCUT2D eigenvalue weighted by Crippen LogP contribution is -2.46. The number of methoxy groups -OCH3 is 1. The van der Waals surface area contributed by atoms with Gasteiger partial charge in [0.15, 0.2) is 0 Å². The highest BCUT2D eigenvalue weighted by molar-refractivity contribution is 5.33. The Bertz CT molecular complexity index is 404. The van der Waals surface area contributed by atoms with E-state index in [1.165, 1.54) is 18.5 Å². The number of hydrogen-bond donors (Lipinski definition) is 1. The summed E-state index contributed by atoms with van der Waals surface area (Å²) < 4.78 is 5.43. The molecule has 1 aliphatic rings. The second kappa shape index (κ2) is 9.03. The Morgan fingerprint density at radius 3 is 2.43 bits per heavy atom. The normalized spacial score (nSPS) is 17.0. The summed E-state index contributed by atoms with van der Waals surface area (Å²) in [5.74, 6) is 0.990. The van der Waals surface area contributed by atoms with Crippen molar-refractivity contribution in [1.29, 1.82) is 0 Å². The third-order valence-electron chi connectivity index (χ3n) is 4.18. The average Bonchev–Trinajstić information content (AvgIpc) is 2.54. The standard InChI is InChI=1S/C17H28N2O2/c1-21-17-8-4-3-7-16(17)15-19-12-10-18(11-13-19)9-5-2-6-14-20/h3-4,7-8,20H,2,5-6,9-15H2,1H3. The second-order valence-electron chi connectivity index (χ2n) is 5.71. The van der Waals surface area contributed by atoms with E-state index in [9.17, 15) is 0 Å². The minimum atomic E-state index is 0.326. The summed E-state index contributed by atoms with van der Waals surface area (Å²) in [5.41, 5.74) is 1.27. The van der Waals surface area contributed by atoms with Gasteiger partial charge in [0.2, 0.25) is 0 Å². The fourth-order valence-corrected chi connectivity index (χ4v) is 2.87. The van der Waals surface area contributed by atoms with Gasteiger partial charge in [0.1, 0.15) is 5.75 Å². The van der Waals surface area contributed by atoms with E-state index >= 15 is 0 Å². The van der Waals surface area contributed by atoms with Crippen LogP contribution in [0, 0.1) is 0 Å². The van der Waals surface area contributed by atoms with Crippen LogP contribution in [-0.2, 0) is 6.54 Å². The lowest BCUT2D eigenvalue weighted by Gasteiger charge is -2.34. The van der Waals surface area contributed by atoms with E-state index < -0.39 is 0 Å². The SMILES string of the molecule is COc1ccccc1CN1CCN(CCCCCO)CC1. The van der Waals surface area contributed by atoms with Crippen molar-refractivity contribution in [3.05, 3.63) is 29.8 Å². The molecule has 118 valence electrons. The van der Waals surface area contributed by atoms with E-state index in [0.717, 1.165) is 51.3 Å². The Hall–Kier alpha value is -1.10. The summed E-state index contributed by atoms with van der Waals surface area (Å²) in [6.07, 6.45) is 3.28. The van der Waals surface area contributed by atoms with E-state index in [4.69, 9.17) is 9.84 Å². The predicted molar refractivity (Wildman–Crippen MR) is 85.6 cm³/mol. The zero-order chi connectivity index (χ0) is 14.9. The molecule has 0 aliphatic carbocycles. The van der Waals surface area contributed by atoms with Crippen molar-refractivity contribution in [1.82, 2.24) is 9.80 Å². The first-order valence-corrected chi connectivity index (χ1v) is 8.01. The molecule has 0 amide bonds. The number of benzene rings is 1. The molecule has 1 saturated heterocycles. The molecule has 1 aromatic rings. The molecule has 4 heteroatoms. The van der Waals surface area contributed by atoms with Gasteiger partial charge in [-0.1, -0.05) is 18.2 Å². The van der Waals surface area contributed by atoms with Crippen LogP contribution in [0.15, 0.2) is 24.3 Å². The molecule has 0 aromatic heterocycles. The molecule has 4 nitrogen and oxygen atoms in total. The molecule has 1 heterocycles. The maximum Gasteiger partial charge on any atom is 0.123 e. The Labute approximate surface area is 128 Å². The highest BCUT2D eigenvalue weighted by Crippen LogP contribution is 2.20. The third kappa shape index (κ3) is 5.30. The van der Waals surface area contributed by atoms with Gasteiger partial charge in [-0.05, 0) is 31.9 Å². The minimum Gasteiger partial charge on any atom is -0.496 e. The van der Waals surface area contributed by atoms with E-state index in [1.807, 2.05) is 12.1 Å². The topological polar surface area (TPSA) is 35.9 Å². The maximum absolute atomic E-state index is 8.79. The first kappa shape index (κ1) is 16.3. The number of piperazine rings is 1. The molecule has 1 N–H and O–H groups in total. The fraction of sp³-hybridized carbons (Fsp3) is 0.647. The monoisotopic (exact) mass is 292 g/mol. The van der Waals surface area contributed by atoms with Gasteiger partial charge in [-0.15, -0.1) is 0 Å². The van der Waals surface area contributed by atoms with E-state index in [2.05, 4.69) is 21.9 Å². The molecule has 1 fully saturated rings. The van der Waals surface area contributed by atoms with Crippen molar-refractivity contribution in [2.75, 3.05) is 46.4 Å².